The number of halogens is 1. The molecule has 0 radical (unpaired) electrons. The Kier molecular flexibility index (Phi) is 11.0. The summed E-state index contributed by atoms with van der Waals surface area (Å²) in [7, 11) is 3.80. The minimum Gasteiger partial charge on any atom is -0.481 e. The van der Waals surface area contributed by atoms with Gasteiger partial charge in [-0.2, -0.15) is 0 Å². The predicted octanol–water partition coefficient (Wildman–Crippen LogP) is 6.07. The van der Waals surface area contributed by atoms with Gasteiger partial charge in [-0.25, -0.2) is 9.97 Å². The summed E-state index contributed by atoms with van der Waals surface area (Å²) >= 11 is 7.03. The lowest BCUT2D eigenvalue weighted by Gasteiger charge is -2.36. The maximum absolute atomic E-state index is 13.7. The number of aliphatic carboxylic acids is 1. The molecule has 0 bridgehead atoms. The third-order valence-corrected chi connectivity index (χ3v) is 13.0. The number of carboxylic acid groups (broad SMARTS) is 1. The van der Waals surface area contributed by atoms with Crippen molar-refractivity contribution in [1.82, 2.24) is 28.9 Å². The van der Waals surface area contributed by atoms with Crippen molar-refractivity contribution in [2.24, 2.45) is 25.9 Å². The van der Waals surface area contributed by atoms with Gasteiger partial charge in [-0.3, -0.25) is 24.2 Å². The first-order valence-electron chi connectivity index (χ1n) is 19.9. The number of anilines is 2. The third kappa shape index (κ3) is 7.61. The molecule has 0 unspecified atom stereocenters. The quantitative estimate of drug-likeness (QED) is 0.184. The van der Waals surface area contributed by atoms with Crippen LogP contribution in [0.15, 0.2) is 36.4 Å². The number of rotatable bonds is 9. The average Bonchev–Trinajstić information content (AvgIpc) is 3.72. The van der Waals surface area contributed by atoms with Crippen molar-refractivity contribution in [2.45, 2.75) is 77.4 Å². The molecule has 13 nitrogen and oxygen atoms in total. The molecule has 4 aromatic rings. The Morgan fingerprint density at radius 2 is 1.39 bits per heavy atom. The van der Waals surface area contributed by atoms with E-state index in [4.69, 9.17) is 26.3 Å². The van der Waals surface area contributed by atoms with Crippen molar-refractivity contribution in [1.29, 1.82) is 0 Å². The lowest BCUT2D eigenvalue weighted by atomic mass is 9.81. The Balaban J connectivity index is 0.937. The molecule has 2 amide bonds. The van der Waals surface area contributed by atoms with Crippen LogP contribution < -0.4 is 10.6 Å². The number of fused-ring (bicyclic) bond motifs is 2. The van der Waals surface area contributed by atoms with Crippen LogP contribution in [0.2, 0.25) is 5.02 Å². The number of amides is 2. The lowest BCUT2D eigenvalue weighted by Crippen LogP contribution is -2.42. The highest BCUT2D eigenvalue weighted by Gasteiger charge is 2.32. The monoisotopic (exact) mass is 782 g/mol. The second-order valence-electron chi connectivity index (χ2n) is 15.9. The normalized spacial score (nSPS) is 20.6. The summed E-state index contributed by atoms with van der Waals surface area (Å²) in [5.74, 6) is -0.310. The number of carbonyl (C=O) groups is 3. The molecule has 296 valence electrons. The van der Waals surface area contributed by atoms with E-state index in [2.05, 4.69) is 20.4 Å². The number of hydrogen-bond acceptors (Lipinski definition) is 8. The largest absolute Gasteiger partial charge is 0.481 e. The first kappa shape index (κ1) is 38.3. The number of ether oxygens (including phenoxy) is 1. The Hall–Kier alpha value is -4.56. The molecule has 14 heteroatoms. The molecule has 3 N–H and O–H groups in total. The summed E-state index contributed by atoms with van der Waals surface area (Å²) in [6.07, 6.45) is 7.02. The highest BCUT2D eigenvalue weighted by Crippen LogP contribution is 2.38. The van der Waals surface area contributed by atoms with Crippen LogP contribution in [-0.4, -0.2) is 90.7 Å². The third-order valence-electron chi connectivity index (χ3n) is 12.6. The fourth-order valence-corrected chi connectivity index (χ4v) is 9.54. The number of carbonyl (C=O) groups excluding carboxylic acids is 2. The van der Waals surface area contributed by atoms with Gasteiger partial charge in [0.2, 0.25) is 0 Å². The van der Waals surface area contributed by atoms with Crippen molar-refractivity contribution < 1.29 is 24.2 Å². The standard InChI is InChI=1S/C42H51ClN8O5/c1-25-29(6-4-8-31(25)46-40(52)38-45-34-24-51(19-15-36(34)49(38)3)28-16-20-56-21-17-28)30-7-5-9-32(37(30)43)47-41(53)39-44-33-23-50(18-14-35(33)48(39)2)22-26-10-12-27(13-11-26)42(54)55/h4-9,26-28H,10-24H2,1-3H3,(H,46,52)(H,47,53)(H,54,55)/t26-,27+. The zero-order chi connectivity index (χ0) is 39.1. The molecular formula is C42H51ClN8O5. The first-order chi connectivity index (χ1) is 27.0. The summed E-state index contributed by atoms with van der Waals surface area (Å²) in [5.41, 5.74) is 7.55. The highest BCUT2D eigenvalue weighted by molar-refractivity contribution is 6.36. The minimum absolute atomic E-state index is 0.217. The van der Waals surface area contributed by atoms with Crippen molar-refractivity contribution >= 4 is 40.8 Å². The molecule has 1 saturated heterocycles. The zero-order valence-corrected chi connectivity index (χ0v) is 33.2. The van der Waals surface area contributed by atoms with Crippen LogP contribution in [0, 0.1) is 18.8 Å². The van der Waals surface area contributed by atoms with Crippen LogP contribution >= 0.6 is 11.6 Å². The number of hydrogen-bond donors (Lipinski definition) is 3. The lowest BCUT2D eigenvalue weighted by molar-refractivity contribution is -0.143. The fraction of sp³-hybridized carbons (Fsp3) is 0.500. The maximum Gasteiger partial charge on any atom is 0.306 e. The molecule has 8 rings (SSSR count). The van der Waals surface area contributed by atoms with Gasteiger partial charge >= 0.3 is 5.97 Å². The van der Waals surface area contributed by atoms with Crippen molar-refractivity contribution in [3.63, 3.8) is 0 Å². The molecule has 1 saturated carbocycles. The van der Waals surface area contributed by atoms with E-state index in [0.29, 0.717) is 46.6 Å². The zero-order valence-electron chi connectivity index (χ0n) is 32.4. The molecule has 4 aliphatic rings. The van der Waals surface area contributed by atoms with Crippen LogP contribution in [0.25, 0.3) is 11.1 Å². The van der Waals surface area contributed by atoms with Gasteiger partial charge in [0.15, 0.2) is 11.6 Å². The molecule has 3 aliphatic heterocycles. The van der Waals surface area contributed by atoms with E-state index in [-0.39, 0.29) is 17.7 Å². The van der Waals surface area contributed by atoms with Gasteiger partial charge in [0, 0.05) is 102 Å². The van der Waals surface area contributed by atoms with E-state index in [0.717, 1.165) is 130 Å². The van der Waals surface area contributed by atoms with E-state index < -0.39 is 5.97 Å². The van der Waals surface area contributed by atoms with Crippen LogP contribution in [-0.2, 0) is 49.6 Å². The number of benzene rings is 2. The maximum atomic E-state index is 13.7. The fourth-order valence-electron chi connectivity index (χ4n) is 9.27. The predicted molar refractivity (Wildman–Crippen MR) is 214 cm³/mol. The number of nitrogens with one attached hydrogen (secondary N) is 2. The minimum atomic E-state index is -0.680. The number of aromatic nitrogens is 4. The van der Waals surface area contributed by atoms with Crippen molar-refractivity contribution in [3.05, 3.63) is 81.4 Å². The van der Waals surface area contributed by atoms with Crippen molar-refractivity contribution in [2.75, 3.05) is 43.5 Å². The summed E-state index contributed by atoms with van der Waals surface area (Å²) in [4.78, 5) is 53.3. The molecule has 0 spiro atoms. The second kappa shape index (κ2) is 16.1. The van der Waals surface area contributed by atoms with E-state index >= 15 is 0 Å². The Morgan fingerprint density at radius 1 is 0.804 bits per heavy atom. The van der Waals surface area contributed by atoms with E-state index in [1.807, 2.05) is 60.5 Å². The van der Waals surface area contributed by atoms with Crippen LogP contribution in [0.3, 0.4) is 0 Å². The van der Waals surface area contributed by atoms with E-state index in [9.17, 15) is 19.5 Å². The van der Waals surface area contributed by atoms with Gasteiger partial charge in [0.05, 0.1) is 28.0 Å². The number of carboxylic acids is 1. The molecule has 1 aliphatic carbocycles. The summed E-state index contributed by atoms with van der Waals surface area (Å²) < 4.78 is 9.38. The molecule has 2 fully saturated rings. The number of nitrogens with zero attached hydrogens (tertiary/aromatic N) is 6. The van der Waals surface area contributed by atoms with E-state index in [1.165, 1.54) is 0 Å². The molecular weight excluding hydrogens is 732 g/mol. The molecule has 2 aromatic heterocycles. The Labute approximate surface area is 332 Å². The van der Waals surface area contributed by atoms with E-state index in [1.54, 1.807) is 6.07 Å². The van der Waals surface area contributed by atoms with Gasteiger partial charge < -0.3 is 29.6 Å². The van der Waals surface area contributed by atoms with Crippen LogP contribution in [0.4, 0.5) is 11.4 Å². The summed E-state index contributed by atoms with van der Waals surface area (Å²) in [5, 5.41) is 15.9. The molecule has 2 aromatic carbocycles. The van der Waals surface area contributed by atoms with Crippen LogP contribution in [0.5, 0.6) is 0 Å². The van der Waals surface area contributed by atoms with Crippen molar-refractivity contribution in [3.8, 4) is 11.1 Å². The summed E-state index contributed by atoms with van der Waals surface area (Å²) in [6, 6.07) is 11.7. The van der Waals surface area contributed by atoms with Gasteiger partial charge in [-0.15, -0.1) is 0 Å². The second-order valence-corrected chi connectivity index (χ2v) is 16.3. The molecule has 5 heterocycles. The molecule has 56 heavy (non-hydrogen) atoms. The van der Waals surface area contributed by atoms with Gasteiger partial charge in [-0.1, -0.05) is 35.9 Å². The smallest absolute Gasteiger partial charge is 0.306 e. The van der Waals surface area contributed by atoms with Gasteiger partial charge in [0.25, 0.3) is 11.8 Å². The first-order valence-corrected chi connectivity index (χ1v) is 20.3. The van der Waals surface area contributed by atoms with Crippen LogP contribution in [0.1, 0.15) is 88.1 Å². The van der Waals surface area contributed by atoms with Gasteiger partial charge in [-0.05, 0) is 74.6 Å². The highest BCUT2D eigenvalue weighted by atomic mass is 35.5. The Morgan fingerprint density at radius 3 is 2.05 bits per heavy atom. The number of imidazole rings is 2. The SMILES string of the molecule is Cc1c(NC(=O)c2nc3c(n2C)CCN(C2CCOCC2)C3)cccc1-c1cccc(NC(=O)c2nc3c(n2C)CCN(C[C@H]2CC[C@@H](C(=O)O)CC2)C3)c1Cl. The topological polar surface area (TPSA) is 147 Å². The van der Waals surface area contributed by atoms with Gasteiger partial charge in [0.1, 0.15) is 0 Å². The average molecular weight is 783 g/mol. The summed E-state index contributed by atoms with van der Waals surface area (Å²) in [6.45, 7) is 7.67. The molecule has 0 atom stereocenters. The Bertz CT molecular complexity index is 2150.